The predicted molar refractivity (Wildman–Crippen MR) is 106 cm³/mol. The number of thiophene rings is 1. The fraction of sp³-hybridized carbons (Fsp3) is 0.421. The van der Waals surface area contributed by atoms with Gasteiger partial charge in [0.2, 0.25) is 0 Å². The molecule has 0 saturated heterocycles. The first-order chi connectivity index (χ1) is 11.7. The highest BCUT2D eigenvalue weighted by molar-refractivity contribution is 7.90. The number of benzene rings is 1. The van der Waals surface area contributed by atoms with E-state index in [9.17, 15) is 8.42 Å². The van der Waals surface area contributed by atoms with Crippen LogP contribution in [0.3, 0.4) is 0 Å². The number of hydrogen-bond acceptors (Lipinski definition) is 3. The van der Waals surface area contributed by atoms with E-state index in [1.807, 2.05) is 23.8 Å². The van der Waals surface area contributed by atoms with Crippen LogP contribution in [0.1, 0.15) is 38.8 Å². The van der Waals surface area contributed by atoms with Gasteiger partial charge in [0.25, 0.3) is 10.0 Å². The van der Waals surface area contributed by atoms with Gasteiger partial charge in [-0.1, -0.05) is 17.7 Å². The summed E-state index contributed by atoms with van der Waals surface area (Å²) in [6, 6.07) is 9.15. The fourth-order valence-electron chi connectivity index (χ4n) is 2.84. The minimum Gasteiger partial charge on any atom is -0.354 e. The molecule has 0 spiro atoms. The van der Waals surface area contributed by atoms with Crippen LogP contribution in [0.5, 0.6) is 0 Å². The molecule has 2 aromatic rings. The van der Waals surface area contributed by atoms with E-state index < -0.39 is 10.0 Å². The van der Waals surface area contributed by atoms with Crippen molar-refractivity contribution in [3.8, 4) is 0 Å². The third-order valence-corrected chi connectivity index (χ3v) is 5.95. The molecule has 0 unspecified atom stereocenters. The van der Waals surface area contributed by atoms with Gasteiger partial charge in [-0.2, -0.15) is 19.8 Å². The zero-order chi connectivity index (χ0) is 18.6. The molecule has 136 valence electrons. The maximum atomic E-state index is 12.8. The Morgan fingerprint density at radius 3 is 2.16 bits per heavy atom. The molecule has 0 atom stereocenters. The van der Waals surface area contributed by atoms with Crippen LogP contribution in [0.25, 0.3) is 0 Å². The first-order valence-corrected chi connectivity index (χ1v) is 10.8. The van der Waals surface area contributed by atoms with Gasteiger partial charge in [-0.25, -0.2) is 0 Å². The van der Waals surface area contributed by atoms with E-state index in [-0.39, 0.29) is 17.0 Å². The lowest BCUT2D eigenvalue weighted by Crippen LogP contribution is -2.43. The molecule has 0 aliphatic rings. The van der Waals surface area contributed by atoms with Crippen molar-refractivity contribution in [1.82, 2.24) is 4.90 Å². The molecule has 1 aromatic carbocycles. The quantitative estimate of drug-likeness (QED) is 0.549. The van der Waals surface area contributed by atoms with Gasteiger partial charge < -0.3 is 4.90 Å². The highest BCUT2D eigenvalue weighted by Crippen LogP contribution is 2.18. The second-order valence-electron chi connectivity index (χ2n) is 6.70. The Bertz CT molecular complexity index is 798. The number of amidine groups is 1. The molecule has 0 N–H and O–H groups in total. The Labute approximate surface area is 155 Å². The van der Waals surface area contributed by atoms with Crippen molar-refractivity contribution in [3.05, 3.63) is 52.2 Å². The van der Waals surface area contributed by atoms with Gasteiger partial charge in [0, 0.05) is 18.5 Å². The second-order valence-corrected chi connectivity index (χ2v) is 9.08. The lowest BCUT2D eigenvalue weighted by atomic mass is 10.1. The monoisotopic (exact) mass is 378 g/mol. The van der Waals surface area contributed by atoms with Gasteiger partial charge in [-0.15, -0.1) is 4.40 Å². The third kappa shape index (κ3) is 5.16. The smallest absolute Gasteiger partial charge is 0.283 e. The number of rotatable bonds is 6. The summed E-state index contributed by atoms with van der Waals surface area (Å²) in [5.41, 5.74) is 2.10. The summed E-state index contributed by atoms with van der Waals surface area (Å²) >= 11 is 1.60. The van der Waals surface area contributed by atoms with Crippen molar-refractivity contribution in [3.63, 3.8) is 0 Å². The minimum absolute atomic E-state index is 0.158. The molecule has 6 heteroatoms. The SMILES string of the molecule is Cc1ccc(S(=O)(=O)/N=C(\Cc2ccsc2)N(C(C)C)C(C)C)cc1. The molecule has 0 bridgehead atoms. The van der Waals surface area contributed by atoms with Crippen molar-refractivity contribution >= 4 is 27.2 Å². The average molecular weight is 379 g/mol. The topological polar surface area (TPSA) is 49.7 Å². The van der Waals surface area contributed by atoms with E-state index in [0.29, 0.717) is 12.3 Å². The Balaban J connectivity index is 2.48. The van der Waals surface area contributed by atoms with E-state index in [0.717, 1.165) is 11.1 Å². The first-order valence-electron chi connectivity index (χ1n) is 8.40. The molecule has 0 radical (unpaired) electrons. The molecule has 0 aliphatic heterocycles. The van der Waals surface area contributed by atoms with Gasteiger partial charge in [0.1, 0.15) is 5.84 Å². The van der Waals surface area contributed by atoms with E-state index in [1.165, 1.54) is 0 Å². The Kier molecular flexibility index (Phi) is 6.41. The van der Waals surface area contributed by atoms with Crippen molar-refractivity contribution < 1.29 is 8.42 Å². The number of aryl methyl sites for hydroxylation is 1. The van der Waals surface area contributed by atoms with Crippen LogP contribution in [-0.2, 0) is 16.4 Å². The zero-order valence-electron chi connectivity index (χ0n) is 15.4. The molecule has 2 rings (SSSR count). The second kappa shape index (κ2) is 8.15. The normalized spacial score (nSPS) is 12.8. The van der Waals surface area contributed by atoms with Crippen molar-refractivity contribution in [2.75, 3.05) is 0 Å². The molecule has 0 amide bonds. The molecule has 1 heterocycles. The van der Waals surface area contributed by atoms with Gasteiger partial charge >= 0.3 is 0 Å². The van der Waals surface area contributed by atoms with E-state index >= 15 is 0 Å². The van der Waals surface area contributed by atoms with E-state index in [4.69, 9.17) is 0 Å². The molecular formula is C19H26N2O2S2. The van der Waals surface area contributed by atoms with Gasteiger partial charge in [-0.05, 0) is 69.1 Å². The molecule has 1 aromatic heterocycles. The van der Waals surface area contributed by atoms with Crippen LogP contribution < -0.4 is 0 Å². The van der Waals surface area contributed by atoms with E-state index in [1.54, 1.807) is 35.6 Å². The van der Waals surface area contributed by atoms with Crippen molar-refractivity contribution in [2.24, 2.45) is 4.40 Å². The largest absolute Gasteiger partial charge is 0.354 e. The van der Waals surface area contributed by atoms with Crippen LogP contribution in [0.15, 0.2) is 50.4 Å². The van der Waals surface area contributed by atoms with Crippen molar-refractivity contribution in [2.45, 2.75) is 58.0 Å². The van der Waals surface area contributed by atoms with E-state index in [2.05, 4.69) is 37.0 Å². The van der Waals surface area contributed by atoms with Crippen LogP contribution in [0.4, 0.5) is 0 Å². The maximum Gasteiger partial charge on any atom is 0.283 e. The standard InChI is InChI=1S/C19H26N2O2S2/c1-14(2)21(15(3)4)19(12-17-10-11-24-13-17)20-25(22,23)18-8-6-16(5)7-9-18/h6-11,13-15H,12H2,1-5H3/b20-19+. The van der Waals surface area contributed by atoms with Gasteiger partial charge in [0.05, 0.1) is 4.90 Å². The lowest BCUT2D eigenvalue weighted by Gasteiger charge is -2.33. The van der Waals surface area contributed by atoms with Gasteiger partial charge in [-0.3, -0.25) is 0 Å². The summed E-state index contributed by atoms with van der Waals surface area (Å²) in [7, 11) is -3.74. The Hall–Kier alpha value is -1.66. The summed E-state index contributed by atoms with van der Waals surface area (Å²) < 4.78 is 29.9. The highest BCUT2D eigenvalue weighted by Gasteiger charge is 2.23. The van der Waals surface area contributed by atoms with Crippen LogP contribution in [0, 0.1) is 6.92 Å². The Morgan fingerprint density at radius 1 is 1.08 bits per heavy atom. The molecular weight excluding hydrogens is 352 g/mol. The summed E-state index contributed by atoms with van der Waals surface area (Å²) in [6.45, 7) is 10.2. The summed E-state index contributed by atoms with van der Waals surface area (Å²) in [5, 5.41) is 4.03. The van der Waals surface area contributed by atoms with Gasteiger partial charge in [0.15, 0.2) is 0 Å². The van der Waals surface area contributed by atoms with Crippen molar-refractivity contribution in [1.29, 1.82) is 0 Å². The molecule has 0 fully saturated rings. The van der Waals surface area contributed by atoms with Crippen LogP contribution >= 0.6 is 11.3 Å². The first kappa shape index (κ1) is 19.7. The minimum atomic E-state index is -3.74. The molecule has 0 aliphatic carbocycles. The summed E-state index contributed by atoms with van der Waals surface area (Å²) in [5.74, 6) is 0.587. The fourth-order valence-corrected chi connectivity index (χ4v) is 4.53. The zero-order valence-corrected chi connectivity index (χ0v) is 17.1. The molecule has 0 saturated carbocycles. The molecule has 25 heavy (non-hydrogen) atoms. The summed E-state index contributed by atoms with van der Waals surface area (Å²) in [4.78, 5) is 2.30. The predicted octanol–water partition coefficient (Wildman–Crippen LogP) is 4.51. The number of hydrogen-bond donors (Lipinski definition) is 0. The third-order valence-electron chi connectivity index (χ3n) is 3.90. The molecule has 4 nitrogen and oxygen atoms in total. The van der Waals surface area contributed by atoms with Crippen LogP contribution in [-0.4, -0.2) is 31.2 Å². The Morgan fingerprint density at radius 2 is 1.68 bits per heavy atom. The maximum absolute atomic E-state index is 12.8. The van der Waals surface area contributed by atoms with Crippen LogP contribution in [0.2, 0.25) is 0 Å². The summed E-state index contributed by atoms with van der Waals surface area (Å²) in [6.07, 6.45) is 0.505. The highest BCUT2D eigenvalue weighted by atomic mass is 32.2. The number of nitrogens with zero attached hydrogens (tertiary/aromatic N) is 2. The lowest BCUT2D eigenvalue weighted by molar-refractivity contribution is 0.288. The average Bonchev–Trinajstić information content (AvgIpc) is 2.99. The number of sulfonamides is 1.